The molecule has 0 bridgehead atoms. The van der Waals surface area contributed by atoms with Gasteiger partial charge in [-0.25, -0.2) is 0 Å². The molecule has 0 aliphatic heterocycles. The Morgan fingerprint density at radius 2 is 1.06 bits per heavy atom. The number of hydrogen-bond donors (Lipinski definition) is 0. The van der Waals surface area contributed by atoms with E-state index in [1.54, 1.807) is 0 Å². The van der Waals surface area contributed by atoms with Gasteiger partial charge in [-0.05, 0) is 81.9 Å². The van der Waals surface area contributed by atoms with Crippen LogP contribution in [0.2, 0.25) is 0 Å². The Balaban J connectivity index is 1.08. The lowest BCUT2D eigenvalue weighted by molar-refractivity contribution is 1.19. The first-order valence-corrected chi connectivity index (χ1v) is 18.9. The molecular formula is C50H32N2S. The zero-order chi connectivity index (χ0) is 34.9. The molecule has 0 aliphatic rings. The number of hydrogen-bond acceptors (Lipinski definition) is 2. The third kappa shape index (κ3) is 4.78. The minimum atomic E-state index is 1.12. The molecule has 53 heavy (non-hydrogen) atoms. The predicted molar refractivity (Wildman–Crippen MR) is 229 cm³/mol. The van der Waals surface area contributed by atoms with Crippen LogP contribution in [0.3, 0.4) is 0 Å². The van der Waals surface area contributed by atoms with Gasteiger partial charge in [0.1, 0.15) is 0 Å². The van der Waals surface area contributed by atoms with Crippen LogP contribution in [0.1, 0.15) is 0 Å². The van der Waals surface area contributed by atoms with Crippen molar-refractivity contribution >= 4 is 91.9 Å². The van der Waals surface area contributed by atoms with Gasteiger partial charge in [-0.15, -0.1) is 11.3 Å². The summed E-state index contributed by atoms with van der Waals surface area (Å²) in [6.45, 7) is 0. The van der Waals surface area contributed by atoms with Gasteiger partial charge in [0.05, 0.1) is 21.4 Å². The molecule has 2 heterocycles. The number of fused-ring (bicyclic) bond motifs is 9. The number of thiophene rings is 1. The van der Waals surface area contributed by atoms with Crippen molar-refractivity contribution in [3.8, 4) is 16.8 Å². The topological polar surface area (TPSA) is 8.17 Å². The molecule has 2 nitrogen and oxygen atoms in total. The maximum absolute atomic E-state index is 2.44. The van der Waals surface area contributed by atoms with Crippen LogP contribution in [0, 0.1) is 0 Å². The fourth-order valence-corrected chi connectivity index (χ4v) is 9.46. The van der Waals surface area contributed by atoms with E-state index in [1.165, 1.54) is 80.3 Å². The average molecular weight is 693 g/mol. The van der Waals surface area contributed by atoms with E-state index in [4.69, 9.17) is 0 Å². The highest BCUT2D eigenvalue weighted by Crippen LogP contribution is 2.46. The normalized spacial score (nSPS) is 11.8. The Morgan fingerprint density at radius 3 is 1.92 bits per heavy atom. The number of nitrogens with zero attached hydrogens (tertiary/aromatic N) is 2. The molecule has 11 rings (SSSR count). The van der Waals surface area contributed by atoms with E-state index in [0.29, 0.717) is 0 Å². The smallest absolute Gasteiger partial charge is 0.0640 e. The lowest BCUT2D eigenvalue weighted by Crippen LogP contribution is -2.10. The van der Waals surface area contributed by atoms with Crippen molar-refractivity contribution in [3.05, 3.63) is 194 Å². The summed E-state index contributed by atoms with van der Waals surface area (Å²) >= 11 is 1.87. The fraction of sp³-hybridized carbons (Fsp3) is 0. The first-order valence-electron chi connectivity index (χ1n) is 18.1. The minimum absolute atomic E-state index is 1.12. The monoisotopic (exact) mass is 692 g/mol. The van der Waals surface area contributed by atoms with Gasteiger partial charge in [0.25, 0.3) is 0 Å². The summed E-state index contributed by atoms with van der Waals surface area (Å²) in [5, 5.41) is 10.1. The zero-order valence-electron chi connectivity index (χ0n) is 28.8. The first-order chi connectivity index (χ1) is 26.3. The van der Waals surface area contributed by atoms with E-state index in [0.717, 1.165) is 17.1 Å². The summed E-state index contributed by atoms with van der Waals surface area (Å²) in [6.07, 6.45) is 0. The van der Waals surface area contributed by atoms with Gasteiger partial charge < -0.3 is 9.47 Å². The second-order valence-corrected chi connectivity index (χ2v) is 14.8. The number of para-hydroxylation sites is 1. The second-order valence-electron chi connectivity index (χ2n) is 13.8. The van der Waals surface area contributed by atoms with E-state index < -0.39 is 0 Å². The standard InChI is InChI=1S/C50H32N2S/c1-2-14-38(15-3-1)52-47-32-37(25-29-42(47)44-30-24-35-12-6-7-16-41(35)49(44)52)34-21-26-39(27-22-34)51(40-28-23-33-11-4-5-13-36(33)31-40)46-19-10-18-45-43-17-8-9-20-48(43)53-50(45)46/h1-32H. The van der Waals surface area contributed by atoms with Crippen molar-refractivity contribution in [1.82, 2.24) is 4.57 Å². The second kappa shape index (κ2) is 11.9. The third-order valence-electron chi connectivity index (χ3n) is 10.7. The van der Waals surface area contributed by atoms with Gasteiger partial charge in [-0.3, -0.25) is 0 Å². The lowest BCUT2D eigenvalue weighted by Gasteiger charge is -2.26. The Morgan fingerprint density at radius 1 is 0.396 bits per heavy atom. The van der Waals surface area contributed by atoms with Gasteiger partial charge in [0, 0.05) is 48.7 Å². The predicted octanol–water partition coefficient (Wildman–Crippen LogP) is 14.6. The lowest BCUT2D eigenvalue weighted by atomic mass is 10.0. The van der Waals surface area contributed by atoms with Gasteiger partial charge in [-0.2, -0.15) is 0 Å². The molecule has 0 saturated heterocycles. The molecule has 0 N–H and O–H groups in total. The molecule has 0 unspecified atom stereocenters. The van der Waals surface area contributed by atoms with Crippen LogP contribution >= 0.6 is 11.3 Å². The van der Waals surface area contributed by atoms with Crippen molar-refractivity contribution in [1.29, 1.82) is 0 Å². The van der Waals surface area contributed by atoms with E-state index in [1.807, 2.05) is 11.3 Å². The first kappa shape index (κ1) is 30.0. The van der Waals surface area contributed by atoms with Crippen LogP contribution in [0.25, 0.3) is 80.3 Å². The maximum Gasteiger partial charge on any atom is 0.0640 e. The molecule has 0 amide bonds. The molecular weight excluding hydrogens is 661 g/mol. The Kier molecular flexibility index (Phi) is 6.76. The highest BCUT2D eigenvalue weighted by atomic mass is 32.1. The number of anilines is 3. The van der Waals surface area contributed by atoms with E-state index >= 15 is 0 Å². The van der Waals surface area contributed by atoms with E-state index in [2.05, 4.69) is 204 Å². The number of aromatic nitrogens is 1. The minimum Gasteiger partial charge on any atom is -0.309 e. The molecule has 0 radical (unpaired) electrons. The molecule has 248 valence electrons. The summed E-state index contributed by atoms with van der Waals surface area (Å²) in [7, 11) is 0. The molecule has 11 aromatic rings. The fourth-order valence-electron chi connectivity index (χ4n) is 8.26. The van der Waals surface area contributed by atoms with Crippen LogP contribution in [0.5, 0.6) is 0 Å². The molecule has 0 spiro atoms. The van der Waals surface area contributed by atoms with Crippen LogP contribution in [-0.2, 0) is 0 Å². The number of rotatable bonds is 5. The highest BCUT2D eigenvalue weighted by molar-refractivity contribution is 7.26. The van der Waals surface area contributed by atoms with E-state index in [-0.39, 0.29) is 0 Å². The Hall–Kier alpha value is -6.68. The van der Waals surface area contributed by atoms with Gasteiger partial charge in [0.2, 0.25) is 0 Å². The molecule has 0 aliphatic carbocycles. The van der Waals surface area contributed by atoms with E-state index in [9.17, 15) is 0 Å². The summed E-state index contributed by atoms with van der Waals surface area (Å²) in [5.74, 6) is 0. The van der Waals surface area contributed by atoms with Gasteiger partial charge >= 0.3 is 0 Å². The van der Waals surface area contributed by atoms with Gasteiger partial charge in [0.15, 0.2) is 0 Å². The van der Waals surface area contributed by atoms with Crippen molar-refractivity contribution in [3.63, 3.8) is 0 Å². The largest absolute Gasteiger partial charge is 0.309 e. The summed E-state index contributed by atoms with van der Waals surface area (Å²) in [4.78, 5) is 2.43. The average Bonchev–Trinajstić information content (AvgIpc) is 3.78. The van der Waals surface area contributed by atoms with Gasteiger partial charge in [-0.1, -0.05) is 140 Å². The summed E-state index contributed by atoms with van der Waals surface area (Å²) in [6, 6.07) is 71.0. The maximum atomic E-state index is 2.44. The van der Waals surface area contributed by atoms with Crippen molar-refractivity contribution in [2.24, 2.45) is 0 Å². The van der Waals surface area contributed by atoms with Crippen LogP contribution in [0.4, 0.5) is 17.1 Å². The van der Waals surface area contributed by atoms with Crippen LogP contribution in [0.15, 0.2) is 194 Å². The summed E-state index contributed by atoms with van der Waals surface area (Å²) in [5.41, 5.74) is 9.45. The molecule has 9 aromatic carbocycles. The summed E-state index contributed by atoms with van der Waals surface area (Å²) < 4.78 is 5.04. The van der Waals surface area contributed by atoms with Crippen molar-refractivity contribution < 1.29 is 0 Å². The molecule has 0 saturated carbocycles. The molecule has 0 atom stereocenters. The SMILES string of the molecule is c1ccc(-n2c3cc(-c4ccc(N(c5ccc6ccccc6c5)c5cccc6c5sc5ccccc56)cc4)ccc3c3ccc4ccccc4c32)cc1. The Labute approximate surface area is 311 Å². The molecule has 3 heteroatoms. The molecule has 2 aromatic heterocycles. The zero-order valence-corrected chi connectivity index (χ0v) is 29.6. The van der Waals surface area contributed by atoms with Crippen LogP contribution in [-0.4, -0.2) is 4.57 Å². The Bertz CT molecular complexity index is 3170. The number of benzene rings is 9. The highest BCUT2D eigenvalue weighted by Gasteiger charge is 2.20. The van der Waals surface area contributed by atoms with Crippen molar-refractivity contribution in [2.45, 2.75) is 0 Å². The molecule has 0 fully saturated rings. The van der Waals surface area contributed by atoms with Crippen molar-refractivity contribution in [2.75, 3.05) is 4.90 Å². The quantitative estimate of drug-likeness (QED) is 0.174. The third-order valence-corrected chi connectivity index (χ3v) is 12.0. The van der Waals surface area contributed by atoms with Crippen LogP contribution < -0.4 is 4.90 Å².